The number of aryl methyl sites for hydroxylation is 4. The SMILES string of the molecule is Cc1ccc(SCC(=O)O[C@@H](C)C(=O)c2ccc3c(c2)CCC3)c(C)c1. The molecule has 0 radical (unpaired) electrons. The van der Waals surface area contributed by atoms with Gasteiger partial charge in [0.1, 0.15) is 0 Å². The number of hydrogen-bond acceptors (Lipinski definition) is 4. The molecule has 0 aliphatic heterocycles. The molecule has 0 saturated carbocycles. The highest BCUT2D eigenvalue weighted by molar-refractivity contribution is 8.00. The summed E-state index contributed by atoms with van der Waals surface area (Å²) < 4.78 is 5.36. The van der Waals surface area contributed by atoms with E-state index in [1.54, 1.807) is 6.92 Å². The van der Waals surface area contributed by atoms with Gasteiger partial charge in [0, 0.05) is 10.5 Å². The third-order valence-electron chi connectivity index (χ3n) is 4.74. The molecule has 2 aromatic carbocycles. The lowest BCUT2D eigenvalue weighted by molar-refractivity contribution is -0.143. The van der Waals surface area contributed by atoms with Crippen molar-refractivity contribution >= 4 is 23.5 Å². The van der Waals surface area contributed by atoms with Crippen molar-refractivity contribution in [2.75, 3.05) is 5.75 Å². The number of fused-ring (bicyclic) bond motifs is 1. The highest BCUT2D eigenvalue weighted by atomic mass is 32.2. The summed E-state index contributed by atoms with van der Waals surface area (Å²) in [6.07, 6.45) is 2.50. The predicted molar refractivity (Wildman–Crippen MR) is 105 cm³/mol. The minimum Gasteiger partial charge on any atom is -0.454 e. The van der Waals surface area contributed by atoms with Crippen LogP contribution in [0, 0.1) is 13.8 Å². The molecule has 0 N–H and O–H groups in total. The van der Waals surface area contributed by atoms with E-state index in [2.05, 4.69) is 6.07 Å². The zero-order valence-corrected chi connectivity index (χ0v) is 16.3. The summed E-state index contributed by atoms with van der Waals surface area (Å²) in [6, 6.07) is 12.0. The number of ketones is 1. The molecular formula is C22H24O3S. The van der Waals surface area contributed by atoms with E-state index in [9.17, 15) is 9.59 Å². The summed E-state index contributed by atoms with van der Waals surface area (Å²) in [7, 11) is 0. The number of benzene rings is 2. The molecule has 0 unspecified atom stereocenters. The maximum Gasteiger partial charge on any atom is 0.316 e. The van der Waals surface area contributed by atoms with E-state index in [4.69, 9.17) is 4.74 Å². The lowest BCUT2D eigenvalue weighted by Crippen LogP contribution is -2.25. The van der Waals surface area contributed by atoms with Crippen molar-refractivity contribution in [3.05, 3.63) is 64.2 Å². The third kappa shape index (κ3) is 4.36. The Labute approximate surface area is 159 Å². The summed E-state index contributed by atoms with van der Waals surface area (Å²) >= 11 is 1.44. The maximum atomic E-state index is 12.6. The van der Waals surface area contributed by atoms with Crippen LogP contribution in [0.5, 0.6) is 0 Å². The van der Waals surface area contributed by atoms with Crippen LogP contribution in [0.3, 0.4) is 0 Å². The Balaban J connectivity index is 1.56. The standard InChI is InChI=1S/C22H24O3S/c1-14-7-10-20(15(2)11-14)26-13-21(23)25-16(3)22(24)19-9-8-17-5-4-6-18(17)12-19/h7-12,16H,4-6,13H2,1-3H3/t16-/m0/s1. The molecular weight excluding hydrogens is 344 g/mol. The van der Waals surface area contributed by atoms with Crippen LogP contribution in [0.2, 0.25) is 0 Å². The minimum atomic E-state index is -0.762. The van der Waals surface area contributed by atoms with E-state index in [1.807, 2.05) is 44.2 Å². The first kappa shape index (κ1) is 18.7. The molecule has 136 valence electrons. The fraction of sp³-hybridized carbons (Fsp3) is 0.364. The largest absolute Gasteiger partial charge is 0.454 e. The van der Waals surface area contributed by atoms with Crippen LogP contribution in [0.1, 0.15) is 46.0 Å². The van der Waals surface area contributed by atoms with Crippen LogP contribution >= 0.6 is 11.8 Å². The van der Waals surface area contributed by atoms with Crippen LogP contribution in [-0.4, -0.2) is 23.6 Å². The zero-order valence-electron chi connectivity index (χ0n) is 15.5. The molecule has 0 fully saturated rings. The Morgan fingerprint density at radius 1 is 1.08 bits per heavy atom. The second-order valence-corrected chi connectivity index (χ2v) is 7.91. The van der Waals surface area contributed by atoms with Crippen LogP contribution in [-0.2, 0) is 22.4 Å². The number of rotatable bonds is 6. The third-order valence-corrected chi connectivity index (χ3v) is 5.89. The average molecular weight is 368 g/mol. The van der Waals surface area contributed by atoms with Gasteiger partial charge < -0.3 is 4.74 Å². The van der Waals surface area contributed by atoms with Gasteiger partial charge >= 0.3 is 5.97 Å². The fourth-order valence-corrected chi connectivity index (χ4v) is 4.13. The Morgan fingerprint density at radius 3 is 2.62 bits per heavy atom. The Morgan fingerprint density at radius 2 is 1.85 bits per heavy atom. The first-order valence-corrected chi connectivity index (χ1v) is 9.98. The van der Waals surface area contributed by atoms with Crippen LogP contribution in [0.15, 0.2) is 41.3 Å². The molecule has 0 aromatic heterocycles. The van der Waals surface area contributed by atoms with E-state index >= 15 is 0 Å². The van der Waals surface area contributed by atoms with Crippen LogP contribution in [0.4, 0.5) is 0 Å². The summed E-state index contributed by atoms with van der Waals surface area (Å²) in [5, 5.41) is 0. The molecule has 0 amide bonds. The molecule has 2 aromatic rings. The van der Waals surface area contributed by atoms with Crippen molar-refractivity contribution in [1.82, 2.24) is 0 Å². The molecule has 1 atom stereocenters. The zero-order chi connectivity index (χ0) is 18.7. The van der Waals surface area contributed by atoms with Gasteiger partial charge in [-0.25, -0.2) is 0 Å². The number of carbonyl (C=O) groups is 2. The van der Waals surface area contributed by atoms with Crippen molar-refractivity contribution in [2.24, 2.45) is 0 Å². The minimum absolute atomic E-state index is 0.135. The normalized spacial score (nSPS) is 14.0. The van der Waals surface area contributed by atoms with Crippen molar-refractivity contribution < 1.29 is 14.3 Å². The number of carbonyl (C=O) groups excluding carboxylic acids is 2. The first-order valence-electron chi connectivity index (χ1n) is 8.99. The molecule has 0 spiro atoms. The summed E-state index contributed by atoms with van der Waals surface area (Å²) in [4.78, 5) is 25.8. The van der Waals surface area contributed by atoms with Gasteiger partial charge in [-0.2, -0.15) is 0 Å². The highest BCUT2D eigenvalue weighted by Gasteiger charge is 2.21. The van der Waals surface area contributed by atoms with Crippen molar-refractivity contribution in [1.29, 1.82) is 0 Å². The predicted octanol–water partition coefficient (Wildman–Crippen LogP) is 4.70. The first-order chi connectivity index (χ1) is 12.4. The smallest absolute Gasteiger partial charge is 0.316 e. The van der Waals surface area contributed by atoms with E-state index < -0.39 is 6.10 Å². The van der Waals surface area contributed by atoms with Gasteiger partial charge in [0.25, 0.3) is 0 Å². The molecule has 1 aliphatic carbocycles. The molecule has 0 heterocycles. The van der Waals surface area contributed by atoms with E-state index in [1.165, 1.54) is 28.5 Å². The number of ether oxygens (including phenoxy) is 1. The summed E-state index contributed by atoms with van der Waals surface area (Å²) in [5.41, 5.74) is 5.55. The second kappa shape index (κ2) is 8.09. The highest BCUT2D eigenvalue weighted by Crippen LogP contribution is 2.25. The Hall–Kier alpha value is -2.07. The Kier molecular flexibility index (Phi) is 5.82. The van der Waals surface area contributed by atoms with Gasteiger partial charge in [0.2, 0.25) is 5.78 Å². The lowest BCUT2D eigenvalue weighted by Gasteiger charge is -2.13. The molecule has 4 heteroatoms. The second-order valence-electron chi connectivity index (χ2n) is 6.89. The topological polar surface area (TPSA) is 43.4 Å². The molecule has 1 aliphatic rings. The lowest BCUT2D eigenvalue weighted by atomic mass is 10.0. The van der Waals surface area contributed by atoms with Crippen molar-refractivity contribution in [3.8, 4) is 0 Å². The molecule has 26 heavy (non-hydrogen) atoms. The van der Waals surface area contributed by atoms with Crippen molar-refractivity contribution in [3.63, 3.8) is 0 Å². The summed E-state index contributed by atoms with van der Waals surface area (Å²) in [6.45, 7) is 5.72. The van der Waals surface area contributed by atoms with Crippen molar-refractivity contribution in [2.45, 2.75) is 51.0 Å². The molecule has 3 nitrogen and oxygen atoms in total. The number of Topliss-reactive ketones (excluding diaryl/α,β-unsaturated/α-hetero) is 1. The average Bonchev–Trinajstić information content (AvgIpc) is 3.08. The van der Waals surface area contributed by atoms with Crippen LogP contribution < -0.4 is 0 Å². The van der Waals surface area contributed by atoms with Gasteiger partial charge in [0.15, 0.2) is 6.10 Å². The number of hydrogen-bond donors (Lipinski definition) is 0. The fourth-order valence-electron chi connectivity index (χ4n) is 3.34. The Bertz CT molecular complexity index is 841. The summed E-state index contributed by atoms with van der Waals surface area (Å²) in [5.74, 6) is -0.298. The van der Waals surface area contributed by atoms with E-state index in [-0.39, 0.29) is 17.5 Å². The van der Waals surface area contributed by atoms with Gasteiger partial charge in [-0.15, -0.1) is 11.8 Å². The van der Waals surface area contributed by atoms with Gasteiger partial charge in [0.05, 0.1) is 5.75 Å². The van der Waals surface area contributed by atoms with Gasteiger partial charge in [-0.1, -0.05) is 29.8 Å². The van der Waals surface area contributed by atoms with Gasteiger partial charge in [-0.05, 0) is 68.9 Å². The van der Waals surface area contributed by atoms with Gasteiger partial charge in [-0.3, -0.25) is 9.59 Å². The molecule has 0 bridgehead atoms. The van der Waals surface area contributed by atoms with Crippen LogP contribution in [0.25, 0.3) is 0 Å². The molecule has 0 saturated heterocycles. The maximum absolute atomic E-state index is 12.6. The molecule has 3 rings (SSSR count). The number of thioether (sulfide) groups is 1. The quantitative estimate of drug-likeness (QED) is 0.421. The van der Waals surface area contributed by atoms with E-state index in [0.29, 0.717) is 5.56 Å². The number of esters is 1. The monoisotopic (exact) mass is 368 g/mol. The van der Waals surface area contributed by atoms with E-state index in [0.717, 1.165) is 29.7 Å².